The van der Waals surface area contributed by atoms with E-state index in [-0.39, 0.29) is 35.6 Å². The zero-order chi connectivity index (χ0) is 42.4. The zero-order valence-electron chi connectivity index (χ0n) is 35.3. The van der Waals surface area contributed by atoms with E-state index in [1.807, 2.05) is 38.8 Å². The van der Waals surface area contributed by atoms with Gasteiger partial charge in [0.15, 0.2) is 0 Å². The third kappa shape index (κ3) is 9.62. The molecule has 4 heterocycles. The molecule has 0 aliphatic carbocycles. The lowest BCUT2D eigenvalue weighted by Gasteiger charge is -2.30. The Kier molecular flexibility index (Phi) is 13.8. The summed E-state index contributed by atoms with van der Waals surface area (Å²) >= 11 is 0. The average molecular weight is 811 g/mol. The van der Waals surface area contributed by atoms with Gasteiger partial charge >= 0.3 is 12.2 Å². The molecule has 1 fully saturated rings. The summed E-state index contributed by atoms with van der Waals surface area (Å²) in [7, 11) is 2.56. The Labute approximate surface area is 345 Å². The van der Waals surface area contributed by atoms with Gasteiger partial charge < -0.3 is 45.0 Å². The summed E-state index contributed by atoms with van der Waals surface area (Å²) in [5, 5.41) is 8.52. The van der Waals surface area contributed by atoms with E-state index in [4.69, 9.17) is 24.2 Å². The van der Waals surface area contributed by atoms with Crippen LogP contribution in [-0.2, 0) is 37.0 Å². The Bertz CT molecular complexity index is 2130. The van der Waals surface area contributed by atoms with Gasteiger partial charge in [-0.2, -0.15) is 0 Å². The third-order valence-electron chi connectivity index (χ3n) is 11.4. The molecule has 5 atom stereocenters. The van der Waals surface area contributed by atoms with Crippen LogP contribution in [0.2, 0.25) is 0 Å². The van der Waals surface area contributed by atoms with Crippen LogP contribution >= 0.6 is 0 Å². The number of ether oxygens (including phenoxy) is 3. The minimum absolute atomic E-state index is 0.0741. The number of nitrogens with zero attached hydrogens (tertiary/aromatic N) is 3. The number of H-pyrrole nitrogens is 2. The van der Waals surface area contributed by atoms with Crippen molar-refractivity contribution in [3.8, 4) is 33.6 Å². The van der Waals surface area contributed by atoms with Crippen LogP contribution in [0.1, 0.15) is 102 Å². The summed E-state index contributed by atoms with van der Waals surface area (Å²) in [6.45, 7) is 13.2. The van der Waals surface area contributed by atoms with E-state index in [0.717, 1.165) is 70.5 Å². The molecule has 0 unspecified atom stereocenters. The Balaban J connectivity index is 1.20. The largest absolute Gasteiger partial charge is 0.453 e. The number of aromatic amines is 2. The number of fused-ring (bicyclic) bond motifs is 3. The lowest BCUT2D eigenvalue weighted by atomic mass is 9.93. The summed E-state index contributed by atoms with van der Waals surface area (Å²) in [6.07, 6.45) is 5.72. The molecule has 59 heavy (non-hydrogen) atoms. The minimum atomic E-state index is -0.768. The number of hydrogen-bond acceptors (Lipinski definition) is 9. The maximum Gasteiger partial charge on any atom is 0.407 e. The van der Waals surface area contributed by atoms with Gasteiger partial charge in [0.1, 0.15) is 23.7 Å². The number of imidazole rings is 2. The molecule has 2 aliphatic heterocycles. The van der Waals surface area contributed by atoms with Gasteiger partial charge in [-0.1, -0.05) is 72.2 Å². The number of carbonyl (C=O) groups excluding carboxylic acids is 4. The predicted molar refractivity (Wildman–Crippen MR) is 223 cm³/mol. The molecule has 15 heteroatoms. The summed E-state index contributed by atoms with van der Waals surface area (Å²) in [4.78, 5) is 69.4. The smallest absolute Gasteiger partial charge is 0.407 e. The summed E-state index contributed by atoms with van der Waals surface area (Å²) < 4.78 is 15.8. The van der Waals surface area contributed by atoms with Crippen LogP contribution in [0.15, 0.2) is 48.8 Å². The Morgan fingerprint density at radius 2 is 1.39 bits per heavy atom. The topological polar surface area (TPSA) is 193 Å². The fourth-order valence-corrected chi connectivity index (χ4v) is 8.11. The molecule has 4 amide bonds. The molecule has 5 N–H and O–H groups in total. The van der Waals surface area contributed by atoms with Crippen molar-refractivity contribution in [1.29, 1.82) is 0 Å². The predicted octanol–water partition coefficient (Wildman–Crippen LogP) is 7.18. The molecular formula is C44H58N8O7. The van der Waals surface area contributed by atoms with Crippen LogP contribution in [0.4, 0.5) is 9.59 Å². The van der Waals surface area contributed by atoms with Gasteiger partial charge in [-0.25, -0.2) is 19.6 Å². The number of alkyl carbamates (subject to hydrolysis) is 2. The van der Waals surface area contributed by atoms with Crippen molar-refractivity contribution < 1.29 is 33.4 Å². The number of benzene rings is 2. The highest BCUT2D eigenvalue weighted by Gasteiger charge is 2.38. The molecule has 0 bridgehead atoms. The number of likely N-dealkylation sites (tertiary alicyclic amines) is 1. The van der Waals surface area contributed by atoms with Crippen molar-refractivity contribution in [3.05, 3.63) is 71.6 Å². The molecule has 4 aromatic rings. The van der Waals surface area contributed by atoms with E-state index < -0.39 is 30.3 Å². The highest BCUT2D eigenvalue weighted by molar-refractivity contribution is 5.87. The standard InChI is InChI=1S/C44H58N8O7/c1-9-11-26(6)38(49-41(53)36(24(2)3)50-43(55)57-7)40-46-21-34(48-40)28-14-16-32-30(19-28)23-59-22-29-18-27(13-15-31(29)32)33-20-45-39(47-33)35-12-10-17-52(35)42(54)37(25(4)5)51-44(56)58-8/h13-16,18-21,24-26,35-38H,9-12,17,22-23H2,1-8H3,(H,45,47)(H,46,48)(H,49,53)(H,50,55)(H,51,56)/t26-,35-,36-,37-,38-/m0/s1. The van der Waals surface area contributed by atoms with Crippen LogP contribution in [-0.4, -0.2) is 81.7 Å². The normalized spacial score (nSPS) is 17.0. The van der Waals surface area contributed by atoms with Crippen LogP contribution in [0.5, 0.6) is 0 Å². The highest BCUT2D eigenvalue weighted by Crippen LogP contribution is 2.38. The number of rotatable bonds is 14. The maximum atomic E-state index is 13.6. The number of carbonyl (C=O) groups is 4. The molecule has 6 rings (SSSR count). The summed E-state index contributed by atoms with van der Waals surface area (Å²) in [6, 6.07) is 10.5. The number of amides is 4. The first-order valence-electron chi connectivity index (χ1n) is 20.6. The van der Waals surface area contributed by atoms with E-state index in [9.17, 15) is 19.2 Å². The van der Waals surface area contributed by atoms with E-state index in [0.29, 0.717) is 31.4 Å². The van der Waals surface area contributed by atoms with Crippen LogP contribution in [0.3, 0.4) is 0 Å². The molecule has 0 radical (unpaired) electrons. The van der Waals surface area contributed by atoms with Crippen LogP contribution in [0, 0.1) is 17.8 Å². The van der Waals surface area contributed by atoms with Gasteiger partial charge in [0, 0.05) is 6.54 Å². The first kappa shape index (κ1) is 42.9. The zero-order valence-corrected chi connectivity index (χ0v) is 35.3. The Hall–Kier alpha value is -5.70. The highest BCUT2D eigenvalue weighted by atomic mass is 16.5. The summed E-state index contributed by atoms with van der Waals surface area (Å²) in [5.41, 5.74) is 7.81. The van der Waals surface area contributed by atoms with E-state index >= 15 is 0 Å². The lowest BCUT2D eigenvalue weighted by Crippen LogP contribution is -2.51. The maximum absolute atomic E-state index is 13.6. The van der Waals surface area contributed by atoms with Gasteiger partial charge in [0.25, 0.3) is 0 Å². The van der Waals surface area contributed by atoms with Crippen molar-refractivity contribution in [3.63, 3.8) is 0 Å². The number of hydrogen-bond donors (Lipinski definition) is 5. The van der Waals surface area contributed by atoms with Gasteiger partial charge in [-0.3, -0.25) is 9.59 Å². The second-order valence-electron chi connectivity index (χ2n) is 16.3. The molecule has 0 saturated carbocycles. The molecular weight excluding hydrogens is 753 g/mol. The van der Waals surface area contributed by atoms with Gasteiger partial charge in [-0.15, -0.1) is 0 Å². The fourth-order valence-electron chi connectivity index (χ4n) is 8.11. The molecule has 2 aromatic heterocycles. The quantitative estimate of drug-likeness (QED) is 0.0878. The van der Waals surface area contributed by atoms with Gasteiger partial charge in [0.05, 0.1) is 63.3 Å². The first-order chi connectivity index (χ1) is 28.3. The van der Waals surface area contributed by atoms with Crippen molar-refractivity contribution in [2.75, 3.05) is 20.8 Å². The van der Waals surface area contributed by atoms with Crippen molar-refractivity contribution in [2.24, 2.45) is 17.8 Å². The molecule has 2 aliphatic rings. The van der Waals surface area contributed by atoms with E-state index in [2.05, 4.69) is 76.2 Å². The van der Waals surface area contributed by atoms with Gasteiger partial charge in [0.2, 0.25) is 11.8 Å². The summed E-state index contributed by atoms with van der Waals surface area (Å²) in [5.74, 6) is 0.702. The third-order valence-corrected chi connectivity index (χ3v) is 11.4. The molecule has 1 saturated heterocycles. The van der Waals surface area contributed by atoms with Crippen molar-refractivity contribution >= 4 is 24.0 Å². The Morgan fingerprint density at radius 1 is 0.814 bits per heavy atom. The minimum Gasteiger partial charge on any atom is -0.453 e. The molecule has 0 spiro atoms. The van der Waals surface area contributed by atoms with E-state index in [1.165, 1.54) is 14.2 Å². The average Bonchev–Trinajstić information content (AvgIpc) is 4.00. The number of methoxy groups -OCH3 is 2. The van der Waals surface area contributed by atoms with Crippen LogP contribution in [0.25, 0.3) is 33.6 Å². The van der Waals surface area contributed by atoms with Crippen LogP contribution < -0.4 is 16.0 Å². The van der Waals surface area contributed by atoms with Crippen molar-refractivity contribution in [1.82, 2.24) is 40.8 Å². The van der Waals surface area contributed by atoms with E-state index in [1.54, 1.807) is 6.20 Å². The molecule has 316 valence electrons. The first-order valence-corrected chi connectivity index (χ1v) is 20.6. The molecule has 15 nitrogen and oxygen atoms in total. The Morgan fingerprint density at radius 3 is 1.97 bits per heavy atom. The second-order valence-corrected chi connectivity index (χ2v) is 16.3. The monoisotopic (exact) mass is 810 g/mol. The second kappa shape index (κ2) is 18.9. The number of nitrogens with one attached hydrogen (secondary N) is 5. The number of aromatic nitrogens is 4. The molecule has 2 aromatic carbocycles. The van der Waals surface area contributed by atoms with Gasteiger partial charge in [-0.05, 0) is 82.5 Å². The lowest BCUT2D eigenvalue weighted by molar-refractivity contribution is -0.135. The van der Waals surface area contributed by atoms with Crippen molar-refractivity contribution in [2.45, 2.75) is 105 Å². The SMILES string of the molecule is CCC[C@H](C)[C@H](NC(=O)[C@@H](NC(=O)OC)C(C)C)c1ncc(-c2ccc3c(c2)COCc2cc(-c4cnc([C@@H]5CCCN5C(=O)[C@@H](NC(=O)OC)C(C)C)[nH]4)ccc2-3)[nH]1. The fraction of sp³-hybridized carbons (Fsp3) is 0.500.